The van der Waals surface area contributed by atoms with Crippen LogP contribution in [0, 0.1) is 6.92 Å². The van der Waals surface area contributed by atoms with Crippen molar-refractivity contribution in [3.05, 3.63) is 59.7 Å². The molecule has 0 aliphatic heterocycles. The van der Waals surface area contributed by atoms with Gasteiger partial charge in [-0.15, -0.1) is 0 Å². The lowest BCUT2D eigenvalue weighted by molar-refractivity contribution is -0.114. The number of anilines is 2. The fraction of sp³-hybridized carbons (Fsp3) is 0.158. The first-order chi connectivity index (χ1) is 11.5. The predicted octanol–water partition coefficient (Wildman–Crippen LogP) is 3.61. The average molecular weight is 324 g/mol. The number of carbonyl (C=O) groups is 2. The Balaban J connectivity index is 2.02. The second kappa shape index (κ2) is 7.97. The number of rotatable bonds is 5. The molecule has 24 heavy (non-hydrogen) atoms. The maximum absolute atomic E-state index is 12.0. The number of hydrogen-bond donors (Lipinski definition) is 2. The molecular formula is C19H20N2O3. The molecule has 0 spiro atoms. The van der Waals surface area contributed by atoms with E-state index in [1.807, 2.05) is 25.1 Å². The highest BCUT2D eigenvalue weighted by molar-refractivity contribution is 6.02. The van der Waals surface area contributed by atoms with E-state index in [0.29, 0.717) is 17.1 Å². The molecular weight excluding hydrogens is 304 g/mol. The summed E-state index contributed by atoms with van der Waals surface area (Å²) in [6.45, 7) is 3.42. The van der Waals surface area contributed by atoms with Gasteiger partial charge in [0.25, 0.3) is 0 Å². The largest absolute Gasteiger partial charge is 0.496 e. The number of nitrogens with one attached hydrogen (secondary N) is 2. The molecule has 5 nitrogen and oxygen atoms in total. The van der Waals surface area contributed by atoms with E-state index in [2.05, 4.69) is 10.6 Å². The average Bonchev–Trinajstić information content (AvgIpc) is 2.54. The van der Waals surface area contributed by atoms with E-state index in [4.69, 9.17) is 4.74 Å². The Bertz CT molecular complexity index is 765. The molecule has 0 saturated heterocycles. The monoisotopic (exact) mass is 324 g/mol. The SMILES string of the molecule is COc1ccc(C)cc1C=CC(=O)Nc1ccc(NC(C)=O)cc1. The van der Waals surface area contributed by atoms with Crippen molar-refractivity contribution < 1.29 is 14.3 Å². The van der Waals surface area contributed by atoms with Crippen LogP contribution >= 0.6 is 0 Å². The van der Waals surface area contributed by atoms with Crippen molar-refractivity contribution in [2.24, 2.45) is 0 Å². The Kier molecular flexibility index (Phi) is 5.73. The summed E-state index contributed by atoms with van der Waals surface area (Å²) in [5.41, 5.74) is 3.26. The molecule has 2 rings (SSSR count). The molecule has 2 amide bonds. The van der Waals surface area contributed by atoms with Crippen LogP contribution in [0.3, 0.4) is 0 Å². The standard InChI is InChI=1S/C19H20N2O3/c1-13-4-10-18(24-3)15(12-13)5-11-19(23)21-17-8-6-16(7-9-17)20-14(2)22/h4-12H,1-3H3,(H,20,22)(H,21,23). The molecule has 5 heteroatoms. The van der Waals surface area contributed by atoms with Gasteiger partial charge in [0.05, 0.1) is 7.11 Å². The van der Waals surface area contributed by atoms with Gasteiger partial charge in [-0.25, -0.2) is 0 Å². The number of benzene rings is 2. The molecule has 2 aromatic rings. The van der Waals surface area contributed by atoms with Crippen LogP contribution in [0.1, 0.15) is 18.1 Å². The van der Waals surface area contributed by atoms with E-state index in [9.17, 15) is 9.59 Å². The maximum atomic E-state index is 12.0. The number of amides is 2. The first kappa shape index (κ1) is 17.3. The van der Waals surface area contributed by atoms with Crippen molar-refractivity contribution in [1.29, 1.82) is 0 Å². The highest BCUT2D eigenvalue weighted by atomic mass is 16.5. The van der Waals surface area contributed by atoms with Gasteiger partial charge in [-0.2, -0.15) is 0 Å². The lowest BCUT2D eigenvalue weighted by atomic mass is 10.1. The minimum absolute atomic E-state index is 0.137. The van der Waals surface area contributed by atoms with E-state index in [0.717, 1.165) is 11.1 Å². The van der Waals surface area contributed by atoms with Gasteiger partial charge in [0.1, 0.15) is 5.75 Å². The van der Waals surface area contributed by atoms with Gasteiger partial charge < -0.3 is 15.4 Å². The minimum Gasteiger partial charge on any atom is -0.496 e. The Morgan fingerprint density at radius 2 is 1.62 bits per heavy atom. The summed E-state index contributed by atoms with van der Waals surface area (Å²) in [7, 11) is 1.60. The van der Waals surface area contributed by atoms with Crippen LogP contribution in [0.4, 0.5) is 11.4 Å². The fourth-order valence-corrected chi connectivity index (χ4v) is 2.17. The van der Waals surface area contributed by atoms with Gasteiger partial charge in [0.2, 0.25) is 11.8 Å². The quantitative estimate of drug-likeness (QED) is 0.826. The fourth-order valence-electron chi connectivity index (χ4n) is 2.17. The van der Waals surface area contributed by atoms with Crippen LogP contribution in [0.5, 0.6) is 5.75 Å². The van der Waals surface area contributed by atoms with Gasteiger partial charge >= 0.3 is 0 Å². The van der Waals surface area contributed by atoms with Crippen molar-refractivity contribution >= 4 is 29.3 Å². The first-order valence-electron chi connectivity index (χ1n) is 7.49. The van der Waals surface area contributed by atoms with Gasteiger partial charge in [-0.3, -0.25) is 9.59 Å². The number of carbonyl (C=O) groups excluding carboxylic acids is 2. The van der Waals surface area contributed by atoms with Crippen molar-refractivity contribution in [2.45, 2.75) is 13.8 Å². The summed E-state index contributed by atoms with van der Waals surface area (Å²) in [5, 5.41) is 5.44. The highest BCUT2D eigenvalue weighted by Crippen LogP contribution is 2.21. The zero-order valence-electron chi connectivity index (χ0n) is 13.9. The van der Waals surface area contributed by atoms with Crippen LogP contribution in [0.25, 0.3) is 6.08 Å². The normalized spacial score (nSPS) is 10.5. The highest BCUT2D eigenvalue weighted by Gasteiger charge is 2.02. The van der Waals surface area contributed by atoms with E-state index in [1.165, 1.54) is 13.0 Å². The Morgan fingerprint density at radius 1 is 1.00 bits per heavy atom. The summed E-state index contributed by atoms with van der Waals surface area (Å²) in [5.74, 6) is 0.331. The van der Waals surface area contributed by atoms with Crippen LogP contribution in [-0.4, -0.2) is 18.9 Å². The van der Waals surface area contributed by atoms with Crippen LogP contribution in [-0.2, 0) is 9.59 Å². The minimum atomic E-state index is -0.245. The summed E-state index contributed by atoms with van der Waals surface area (Å²) in [4.78, 5) is 23.0. The third kappa shape index (κ3) is 4.98. The van der Waals surface area contributed by atoms with Crippen molar-refractivity contribution in [2.75, 3.05) is 17.7 Å². The number of aryl methyl sites for hydroxylation is 1. The van der Waals surface area contributed by atoms with E-state index >= 15 is 0 Å². The number of methoxy groups -OCH3 is 1. The lowest BCUT2D eigenvalue weighted by Crippen LogP contribution is -2.08. The second-order valence-electron chi connectivity index (χ2n) is 5.33. The molecule has 2 aromatic carbocycles. The molecule has 0 saturated carbocycles. The molecule has 0 atom stereocenters. The Morgan fingerprint density at radius 3 is 2.21 bits per heavy atom. The molecule has 124 valence electrons. The van der Waals surface area contributed by atoms with Gasteiger partial charge in [-0.1, -0.05) is 11.6 Å². The molecule has 0 aliphatic carbocycles. The summed E-state index contributed by atoms with van der Waals surface area (Å²) < 4.78 is 5.28. The van der Waals surface area contributed by atoms with E-state index in [-0.39, 0.29) is 11.8 Å². The number of ether oxygens (including phenoxy) is 1. The topological polar surface area (TPSA) is 67.4 Å². The van der Waals surface area contributed by atoms with Crippen LogP contribution < -0.4 is 15.4 Å². The molecule has 0 fully saturated rings. The summed E-state index contributed by atoms with van der Waals surface area (Å²) in [6, 6.07) is 12.7. The molecule has 0 aliphatic rings. The molecule has 2 N–H and O–H groups in total. The zero-order chi connectivity index (χ0) is 17.5. The van der Waals surface area contributed by atoms with E-state index in [1.54, 1.807) is 37.5 Å². The molecule has 0 heterocycles. The summed E-state index contributed by atoms with van der Waals surface area (Å²) in [6.07, 6.45) is 3.17. The molecule has 0 unspecified atom stereocenters. The van der Waals surface area contributed by atoms with Crippen molar-refractivity contribution in [3.8, 4) is 5.75 Å². The van der Waals surface area contributed by atoms with Gasteiger partial charge in [0, 0.05) is 29.9 Å². The molecule has 0 aromatic heterocycles. The van der Waals surface area contributed by atoms with E-state index < -0.39 is 0 Å². The number of hydrogen-bond acceptors (Lipinski definition) is 3. The Labute approximate surface area is 141 Å². The lowest BCUT2D eigenvalue weighted by Gasteiger charge is -2.06. The molecule has 0 bridgehead atoms. The van der Waals surface area contributed by atoms with Crippen molar-refractivity contribution in [1.82, 2.24) is 0 Å². The van der Waals surface area contributed by atoms with Crippen molar-refractivity contribution in [3.63, 3.8) is 0 Å². The van der Waals surface area contributed by atoms with Crippen LogP contribution in [0.2, 0.25) is 0 Å². The predicted molar refractivity (Wildman–Crippen MR) is 96.1 cm³/mol. The second-order valence-corrected chi connectivity index (χ2v) is 5.33. The smallest absolute Gasteiger partial charge is 0.248 e. The van der Waals surface area contributed by atoms with Gasteiger partial charge in [0.15, 0.2) is 0 Å². The first-order valence-corrected chi connectivity index (χ1v) is 7.49. The third-order valence-electron chi connectivity index (χ3n) is 3.27. The van der Waals surface area contributed by atoms with Gasteiger partial charge in [-0.05, 0) is 49.4 Å². The summed E-state index contributed by atoms with van der Waals surface area (Å²) >= 11 is 0. The Hall–Kier alpha value is -3.08. The third-order valence-corrected chi connectivity index (χ3v) is 3.27. The zero-order valence-corrected chi connectivity index (χ0v) is 13.9. The maximum Gasteiger partial charge on any atom is 0.248 e. The van der Waals surface area contributed by atoms with Crippen LogP contribution in [0.15, 0.2) is 48.5 Å². The molecule has 0 radical (unpaired) electrons.